The first-order valence-electron chi connectivity index (χ1n) is 6.10. The van der Waals surface area contributed by atoms with Gasteiger partial charge >= 0.3 is 0 Å². The lowest BCUT2D eigenvalue weighted by Crippen LogP contribution is -2.10. The van der Waals surface area contributed by atoms with Crippen LogP contribution >= 0.6 is 11.3 Å². The number of anilines is 1. The van der Waals surface area contributed by atoms with Crippen LogP contribution in [-0.2, 0) is 6.42 Å². The molecule has 0 spiro atoms. The average Bonchev–Trinajstić information content (AvgIpc) is 3.04. The highest BCUT2D eigenvalue weighted by molar-refractivity contribution is 7.20. The van der Waals surface area contributed by atoms with Crippen molar-refractivity contribution in [2.45, 2.75) is 13.3 Å². The number of aromatic nitrogens is 2. The van der Waals surface area contributed by atoms with Gasteiger partial charge in [0.25, 0.3) is 5.91 Å². The molecule has 0 bridgehead atoms. The summed E-state index contributed by atoms with van der Waals surface area (Å²) in [6.07, 6.45) is 0.867. The summed E-state index contributed by atoms with van der Waals surface area (Å²) in [5.74, 6) is 0.453. The van der Waals surface area contributed by atoms with Gasteiger partial charge in [0.15, 0.2) is 5.82 Å². The smallest absolute Gasteiger partial charge is 0.266 e. The molecule has 1 aromatic carbocycles. The lowest BCUT2D eigenvalue weighted by Gasteiger charge is -1.97. The Morgan fingerprint density at radius 2 is 2.21 bits per heavy atom. The van der Waals surface area contributed by atoms with E-state index in [2.05, 4.69) is 15.5 Å². The maximum absolute atomic E-state index is 12.1. The van der Waals surface area contributed by atoms with Crippen LogP contribution < -0.4 is 5.32 Å². The number of aromatic amines is 1. The first-order chi connectivity index (χ1) is 9.26. The molecule has 3 aromatic rings. The van der Waals surface area contributed by atoms with E-state index in [4.69, 9.17) is 0 Å². The molecule has 5 heteroatoms. The number of hydrogen-bond donors (Lipinski definition) is 2. The molecule has 1 amide bonds. The minimum atomic E-state index is -0.115. The summed E-state index contributed by atoms with van der Waals surface area (Å²) in [5.41, 5.74) is 1.01. The lowest BCUT2D eigenvalue weighted by molar-refractivity contribution is 0.103. The monoisotopic (exact) mass is 271 g/mol. The van der Waals surface area contributed by atoms with Gasteiger partial charge in [-0.1, -0.05) is 25.1 Å². The minimum absolute atomic E-state index is 0.115. The van der Waals surface area contributed by atoms with Crippen molar-refractivity contribution in [3.05, 3.63) is 47.0 Å². The van der Waals surface area contributed by atoms with E-state index in [9.17, 15) is 4.79 Å². The number of nitrogens with one attached hydrogen (secondary N) is 2. The van der Waals surface area contributed by atoms with Gasteiger partial charge in [-0.05, 0) is 23.9 Å². The Kier molecular flexibility index (Phi) is 3.05. The number of carbonyl (C=O) groups excluding carboxylic acids is 1. The van der Waals surface area contributed by atoms with Gasteiger partial charge in [-0.15, -0.1) is 11.3 Å². The Bertz CT molecular complexity index is 696. The van der Waals surface area contributed by atoms with Crippen LogP contribution in [0.1, 0.15) is 22.3 Å². The van der Waals surface area contributed by atoms with E-state index in [-0.39, 0.29) is 5.91 Å². The van der Waals surface area contributed by atoms with Crippen molar-refractivity contribution in [1.29, 1.82) is 0 Å². The van der Waals surface area contributed by atoms with Crippen LogP contribution in [0.5, 0.6) is 0 Å². The summed E-state index contributed by atoms with van der Waals surface area (Å²) < 4.78 is 1.11. The molecule has 4 nitrogen and oxygen atoms in total. The Morgan fingerprint density at radius 3 is 2.95 bits per heavy atom. The van der Waals surface area contributed by atoms with Crippen molar-refractivity contribution in [2.24, 2.45) is 0 Å². The van der Waals surface area contributed by atoms with Gasteiger partial charge in [0.1, 0.15) is 0 Å². The third kappa shape index (κ3) is 2.37. The summed E-state index contributed by atoms with van der Waals surface area (Å²) in [5, 5.41) is 10.8. The summed E-state index contributed by atoms with van der Waals surface area (Å²) >= 11 is 1.49. The number of aryl methyl sites for hydroxylation is 1. The second kappa shape index (κ2) is 4.85. The van der Waals surface area contributed by atoms with Crippen LogP contribution in [0.2, 0.25) is 0 Å². The Labute approximate surface area is 114 Å². The number of nitrogens with zero attached hydrogens (tertiary/aromatic N) is 1. The number of thiophene rings is 1. The van der Waals surface area contributed by atoms with Crippen molar-refractivity contribution in [2.75, 3.05) is 5.32 Å². The van der Waals surface area contributed by atoms with Gasteiger partial charge in [-0.2, -0.15) is 5.10 Å². The molecule has 0 unspecified atom stereocenters. The van der Waals surface area contributed by atoms with Crippen LogP contribution in [0.3, 0.4) is 0 Å². The molecule has 2 aromatic heterocycles. The molecule has 96 valence electrons. The van der Waals surface area contributed by atoms with Gasteiger partial charge in [0.2, 0.25) is 0 Å². The number of hydrogen-bond acceptors (Lipinski definition) is 3. The lowest BCUT2D eigenvalue weighted by atomic mass is 10.2. The van der Waals surface area contributed by atoms with E-state index < -0.39 is 0 Å². The fourth-order valence-electron chi connectivity index (χ4n) is 1.88. The molecule has 19 heavy (non-hydrogen) atoms. The number of carbonyl (C=O) groups is 1. The Morgan fingerprint density at radius 1 is 1.37 bits per heavy atom. The second-order valence-corrected chi connectivity index (χ2v) is 5.32. The molecule has 0 fully saturated rings. The first-order valence-corrected chi connectivity index (χ1v) is 6.92. The highest BCUT2D eigenvalue weighted by atomic mass is 32.1. The zero-order valence-corrected chi connectivity index (χ0v) is 11.3. The highest BCUT2D eigenvalue weighted by Gasteiger charge is 2.11. The predicted octanol–water partition coefficient (Wildman–Crippen LogP) is 3.44. The number of rotatable bonds is 3. The highest BCUT2D eigenvalue weighted by Crippen LogP contribution is 2.25. The molecule has 0 aliphatic rings. The third-order valence-electron chi connectivity index (χ3n) is 2.90. The molecular formula is C14H13N3OS. The maximum Gasteiger partial charge on any atom is 0.266 e. The fraction of sp³-hybridized carbons (Fsp3) is 0.143. The zero-order chi connectivity index (χ0) is 13.2. The van der Waals surface area contributed by atoms with Crippen LogP contribution in [0, 0.1) is 0 Å². The van der Waals surface area contributed by atoms with E-state index in [1.165, 1.54) is 11.3 Å². The van der Waals surface area contributed by atoms with Gasteiger partial charge in [0.05, 0.1) is 4.88 Å². The molecule has 2 N–H and O–H groups in total. The molecule has 2 heterocycles. The van der Waals surface area contributed by atoms with E-state index in [0.29, 0.717) is 10.7 Å². The quantitative estimate of drug-likeness (QED) is 0.766. The molecule has 0 radical (unpaired) electrons. The van der Waals surface area contributed by atoms with Crippen molar-refractivity contribution in [3.8, 4) is 0 Å². The van der Waals surface area contributed by atoms with Crippen LogP contribution in [0.25, 0.3) is 10.1 Å². The third-order valence-corrected chi connectivity index (χ3v) is 4.02. The van der Waals surface area contributed by atoms with Crippen LogP contribution in [0.4, 0.5) is 5.82 Å². The zero-order valence-electron chi connectivity index (χ0n) is 10.4. The van der Waals surface area contributed by atoms with Crippen LogP contribution in [-0.4, -0.2) is 16.1 Å². The summed E-state index contributed by atoms with van der Waals surface area (Å²) in [4.78, 5) is 12.8. The minimum Gasteiger partial charge on any atom is -0.304 e. The van der Waals surface area contributed by atoms with E-state index >= 15 is 0 Å². The summed E-state index contributed by atoms with van der Waals surface area (Å²) in [7, 11) is 0. The van der Waals surface area contributed by atoms with Gasteiger partial charge in [-0.25, -0.2) is 0 Å². The predicted molar refractivity (Wildman–Crippen MR) is 77.7 cm³/mol. The average molecular weight is 271 g/mol. The normalized spacial score (nSPS) is 10.8. The Hall–Kier alpha value is -2.14. The van der Waals surface area contributed by atoms with E-state index in [0.717, 1.165) is 22.2 Å². The number of benzene rings is 1. The van der Waals surface area contributed by atoms with Gasteiger partial charge in [-0.3, -0.25) is 9.89 Å². The number of fused-ring (bicyclic) bond motifs is 1. The topological polar surface area (TPSA) is 57.8 Å². The molecule has 0 aliphatic carbocycles. The molecule has 0 aliphatic heterocycles. The SMILES string of the molecule is CCc1cc(NC(=O)c2cc3ccccc3s2)n[nH]1. The summed E-state index contributed by atoms with van der Waals surface area (Å²) in [6, 6.07) is 11.7. The maximum atomic E-state index is 12.1. The standard InChI is InChI=1S/C14H13N3OS/c1-2-10-8-13(17-16-10)15-14(18)12-7-9-5-3-4-6-11(9)19-12/h3-8H,2H2,1H3,(H2,15,16,17,18). The molecule has 0 saturated carbocycles. The van der Waals surface area contributed by atoms with E-state index in [1.807, 2.05) is 43.3 Å². The van der Waals surface area contributed by atoms with Crippen LogP contribution in [0.15, 0.2) is 36.4 Å². The number of H-pyrrole nitrogens is 1. The molecular weight excluding hydrogens is 258 g/mol. The molecule has 0 atom stereocenters. The summed E-state index contributed by atoms with van der Waals surface area (Å²) in [6.45, 7) is 2.03. The largest absolute Gasteiger partial charge is 0.304 e. The van der Waals surface area contributed by atoms with Gasteiger partial charge in [0, 0.05) is 16.5 Å². The van der Waals surface area contributed by atoms with Gasteiger partial charge < -0.3 is 5.32 Å². The van der Waals surface area contributed by atoms with Crippen molar-refractivity contribution in [3.63, 3.8) is 0 Å². The van der Waals surface area contributed by atoms with Crippen molar-refractivity contribution < 1.29 is 4.79 Å². The van der Waals surface area contributed by atoms with E-state index in [1.54, 1.807) is 0 Å². The Balaban J connectivity index is 1.83. The second-order valence-electron chi connectivity index (χ2n) is 4.23. The fourth-order valence-corrected chi connectivity index (χ4v) is 2.84. The van der Waals surface area contributed by atoms with Crippen molar-refractivity contribution in [1.82, 2.24) is 10.2 Å². The van der Waals surface area contributed by atoms with Crippen molar-refractivity contribution >= 4 is 33.1 Å². The first kappa shape index (κ1) is 11.9. The number of amides is 1. The molecule has 0 saturated heterocycles. The molecule has 3 rings (SSSR count).